The maximum Gasteiger partial charge on any atom is 0.242 e. The van der Waals surface area contributed by atoms with E-state index in [9.17, 15) is 9.50 Å². The van der Waals surface area contributed by atoms with E-state index in [-0.39, 0.29) is 18.1 Å². The number of hydrogen-bond acceptors (Lipinski definition) is 10. The first kappa shape index (κ1) is 26.8. The fraction of sp³-hybridized carbons (Fsp3) is 0.393. The van der Waals surface area contributed by atoms with Gasteiger partial charge in [0.05, 0.1) is 5.39 Å². The predicted molar refractivity (Wildman–Crippen MR) is 152 cm³/mol. The van der Waals surface area contributed by atoms with Crippen molar-refractivity contribution >= 4 is 22.4 Å². The third-order valence-electron chi connectivity index (χ3n) is 7.66. The van der Waals surface area contributed by atoms with Gasteiger partial charge in [0.1, 0.15) is 48.1 Å². The zero-order chi connectivity index (χ0) is 28.7. The van der Waals surface area contributed by atoms with Crippen LogP contribution in [0.5, 0.6) is 11.6 Å². The van der Waals surface area contributed by atoms with Crippen LogP contribution in [-0.4, -0.2) is 95.6 Å². The van der Waals surface area contributed by atoms with Crippen LogP contribution in [0.15, 0.2) is 36.8 Å². The maximum atomic E-state index is 14.1. The number of nitrogens with zero attached hydrogens (tertiary/aromatic N) is 9. The summed E-state index contributed by atoms with van der Waals surface area (Å²) in [6.07, 6.45) is 5.51. The van der Waals surface area contributed by atoms with E-state index >= 15 is 0 Å². The van der Waals surface area contributed by atoms with Crippen molar-refractivity contribution in [2.75, 3.05) is 46.1 Å². The van der Waals surface area contributed by atoms with Gasteiger partial charge in [-0.1, -0.05) is 0 Å². The number of anilines is 1. The van der Waals surface area contributed by atoms with Gasteiger partial charge in [-0.15, -0.1) is 0 Å². The Kier molecular flexibility index (Phi) is 7.14. The first-order valence-corrected chi connectivity index (χ1v) is 13.6. The molecule has 214 valence electrons. The molecule has 1 aliphatic heterocycles. The predicted octanol–water partition coefficient (Wildman–Crippen LogP) is 2.72. The third-order valence-corrected chi connectivity index (χ3v) is 7.66. The standard InChI is InChI=1S/C28H33FN10O2/c1-17-4-9-38-25(17)28(41-11-10-37-7-5-20(6-8-37)36(2)3)33-22(34-38)15-39-27-23(26(30)31-16-32-27)24(35-39)18-12-19(29)14-21(40)13-18/h4,9,12-14,16,20,40H,5-8,10-11,15H2,1-3H3,(H2,30,31,32). The summed E-state index contributed by atoms with van der Waals surface area (Å²) in [4.78, 5) is 18.0. The Bertz CT molecular complexity index is 1690. The molecule has 0 amide bonds. The van der Waals surface area contributed by atoms with E-state index in [1.54, 1.807) is 9.20 Å². The highest BCUT2D eigenvalue weighted by Crippen LogP contribution is 2.33. The van der Waals surface area contributed by atoms with Crippen LogP contribution in [0.3, 0.4) is 0 Å². The number of likely N-dealkylation sites (tertiary alicyclic amines) is 1. The van der Waals surface area contributed by atoms with Crippen LogP contribution in [0.4, 0.5) is 10.2 Å². The minimum atomic E-state index is -0.598. The van der Waals surface area contributed by atoms with E-state index in [1.807, 2.05) is 19.2 Å². The molecular formula is C28H33FN10O2. The fourth-order valence-electron chi connectivity index (χ4n) is 5.47. The molecule has 0 aliphatic carbocycles. The van der Waals surface area contributed by atoms with Crippen LogP contribution in [-0.2, 0) is 6.54 Å². The molecule has 1 aromatic carbocycles. The lowest BCUT2D eigenvalue weighted by atomic mass is 10.0. The van der Waals surface area contributed by atoms with Crippen molar-refractivity contribution in [3.8, 4) is 22.9 Å². The second kappa shape index (κ2) is 10.9. The normalized spacial score (nSPS) is 15.0. The van der Waals surface area contributed by atoms with Crippen molar-refractivity contribution in [3.63, 3.8) is 0 Å². The monoisotopic (exact) mass is 560 g/mol. The lowest BCUT2D eigenvalue weighted by Crippen LogP contribution is -2.43. The minimum absolute atomic E-state index is 0.149. The molecule has 5 aromatic rings. The Morgan fingerprint density at radius 3 is 2.71 bits per heavy atom. The zero-order valence-electron chi connectivity index (χ0n) is 23.3. The summed E-state index contributed by atoms with van der Waals surface area (Å²) in [6.45, 7) is 5.56. The molecule has 3 N–H and O–H groups in total. The number of piperidine rings is 1. The number of benzene rings is 1. The summed E-state index contributed by atoms with van der Waals surface area (Å²) in [5, 5.41) is 19.8. The lowest BCUT2D eigenvalue weighted by Gasteiger charge is -2.35. The number of phenols is 1. The van der Waals surface area contributed by atoms with Gasteiger partial charge < -0.3 is 20.5 Å². The largest absolute Gasteiger partial charge is 0.508 e. The molecule has 1 fully saturated rings. The van der Waals surface area contributed by atoms with Gasteiger partial charge in [0.15, 0.2) is 11.5 Å². The number of nitrogen functional groups attached to an aromatic ring is 1. The van der Waals surface area contributed by atoms with Gasteiger partial charge in [-0.2, -0.15) is 15.2 Å². The lowest BCUT2D eigenvalue weighted by molar-refractivity contribution is 0.127. The van der Waals surface area contributed by atoms with Crippen LogP contribution in [0.1, 0.15) is 24.2 Å². The second-order valence-corrected chi connectivity index (χ2v) is 10.7. The van der Waals surface area contributed by atoms with E-state index < -0.39 is 5.82 Å². The van der Waals surface area contributed by atoms with Crippen molar-refractivity contribution in [1.29, 1.82) is 0 Å². The van der Waals surface area contributed by atoms with Crippen LogP contribution in [0.2, 0.25) is 0 Å². The molecule has 0 saturated carbocycles. The maximum absolute atomic E-state index is 14.1. The summed E-state index contributed by atoms with van der Waals surface area (Å²) in [5.74, 6) is 0.320. The van der Waals surface area contributed by atoms with Gasteiger partial charge in [0, 0.05) is 30.4 Å². The number of nitrogens with two attached hydrogens (primary N) is 1. The molecule has 0 atom stereocenters. The van der Waals surface area contributed by atoms with E-state index in [0.717, 1.165) is 49.6 Å². The molecular weight excluding hydrogens is 527 g/mol. The van der Waals surface area contributed by atoms with Gasteiger partial charge in [-0.25, -0.2) is 23.6 Å². The Labute approximate surface area is 236 Å². The first-order chi connectivity index (χ1) is 19.8. The summed E-state index contributed by atoms with van der Waals surface area (Å²) in [7, 11) is 4.28. The molecule has 1 aliphatic rings. The molecule has 41 heavy (non-hydrogen) atoms. The SMILES string of the molecule is Cc1ccn2nc(Cn3nc(-c4cc(O)cc(F)c4)c4c(N)ncnc43)nc(OCCN3CCC(N(C)C)CC3)c12. The van der Waals surface area contributed by atoms with Crippen LogP contribution in [0, 0.1) is 12.7 Å². The molecule has 5 heterocycles. The number of hydrogen-bond donors (Lipinski definition) is 2. The van der Waals surface area contributed by atoms with Crippen LogP contribution < -0.4 is 10.5 Å². The summed E-state index contributed by atoms with van der Waals surface area (Å²) >= 11 is 0. The minimum Gasteiger partial charge on any atom is -0.508 e. The molecule has 0 spiro atoms. The molecule has 6 rings (SSSR count). The quantitative estimate of drug-likeness (QED) is 0.292. The van der Waals surface area contributed by atoms with E-state index in [0.29, 0.717) is 46.6 Å². The summed E-state index contributed by atoms with van der Waals surface area (Å²) in [5.41, 5.74) is 9.15. The summed E-state index contributed by atoms with van der Waals surface area (Å²) < 4.78 is 23.7. The number of phenolic OH excluding ortho intramolecular Hbond substituents is 1. The highest BCUT2D eigenvalue weighted by molar-refractivity contribution is 5.98. The van der Waals surface area contributed by atoms with E-state index in [1.165, 1.54) is 18.5 Å². The smallest absolute Gasteiger partial charge is 0.242 e. The molecule has 0 unspecified atom stereocenters. The highest BCUT2D eigenvalue weighted by atomic mass is 19.1. The average molecular weight is 561 g/mol. The Balaban J connectivity index is 1.28. The Morgan fingerprint density at radius 2 is 1.95 bits per heavy atom. The first-order valence-electron chi connectivity index (χ1n) is 13.6. The van der Waals surface area contributed by atoms with E-state index in [4.69, 9.17) is 15.5 Å². The molecule has 4 aromatic heterocycles. The van der Waals surface area contributed by atoms with Gasteiger partial charge in [0.2, 0.25) is 5.88 Å². The molecule has 1 saturated heterocycles. The van der Waals surface area contributed by atoms with Gasteiger partial charge in [-0.05, 0) is 70.7 Å². The molecule has 0 radical (unpaired) electrons. The average Bonchev–Trinajstić information content (AvgIpc) is 3.50. The number of rotatable bonds is 8. The highest BCUT2D eigenvalue weighted by Gasteiger charge is 2.22. The summed E-state index contributed by atoms with van der Waals surface area (Å²) in [6, 6.07) is 6.32. The number of fused-ring (bicyclic) bond motifs is 2. The topological polar surface area (TPSA) is 136 Å². The van der Waals surface area contributed by atoms with Crippen LogP contribution in [0.25, 0.3) is 27.8 Å². The van der Waals surface area contributed by atoms with Crippen molar-refractivity contribution in [2.24, 2.45) is 0 Å². The van der Waals surface area contributed by atoms with Gasteiger partial charge >= 0.3 is 0 Å². The van der Waals surface area contributed by atoms with Crippen LogP contribution >= 0.6 is 0 Å². The number of halogens is 1. The molecule has 13 heteroatoms. The zero-order valence-corrected chi connectivity index (χ0v) is 23.3. The second-order valence-electron chi connectivity index (χ2n) is 10.7. The van der Waals surface area contributed by atoms with E-state index in [2.05, 4.69) is 44.1 Å². The van der Waals surface area contributed by atoms with Gasteiger partial charge in [-0.3, -0.25) is 4.90 Å². The van der Waals surface area contributed by atoms with Crippen molar-refractivity contribution in [2.45, 2.75) is 32.4 Å². The molecule has 0 bridgehead atoms. The number of aromatic hydroxyl groups is 1. The van der Waals surface area contributed by atoms with Gasteiger partial charge in [0.25, 0.3) is 0 Å². The Hall–Kier alpha value is -4.36. The third kappa shape index (κ3) is 5.37. The van der Waals surface area contributed by atoms with Crippen molar-refractivity contribution in [1.82, 2.24) is 44.1 Å². The van der Waals surface area contributed by atoms with Crippen molar-refractivity contribution in [3.05, 3.63) is 54.0 Å². The molecule has 12 nitrogen and oxygen atoms in total. The number of aromatic nitrogens is 7. The van der Waals surface area contributed by atoms with Crippen molar-refractivity contribution < 1.29 is 14.2 Å². The number of aryl methyl sites for hydroxylation is 1. The fourth-order valence-corrected chi connectivity index (χ4v) is 5.47. The number of ether oxygens (including phenoxy) is 1. The Morgan fingerprint density at radius 1 is 1.15 bits per heavy atom.